The molecule has 0 unspecified atom stereocenters. The van der Waals surface area contributed by atoms with E-state index in [1.165, 1.54) is 111 Å². The topological polar surface area (TPSA) is 52.6 Å². The lowest BCUT2D eigenvalue weighted by molar-refractivity contribution is -0.137. The highest BCUT2D eigenvalue weighted by atomic mass is 16.5. The first-order chi connectivity index (χ1) is 18.0. The van der Waals surface area contributed by atoms with Crippen molar-refractivity contribution in [3.05, 3.63) is 60.2 Å². The van der Waals surface area contributed by atoms with Gasteiger partial charge in [-0.1, -0.05) is 147 Å². The normalized spacial score (nSPS) is 10.2. The molecule has 1 aromatic carbocycles. The number of unbranched alkanes of at least 4 members (excludes halogenated alkanes) is 15. The van der Waals surface area contributed by atoms with Crippen LogP contribution in [0.4, 0.5) is 0 Å². The Morgan fingerprint density at radius 3 is 1.38 bits per heavy atom. The van der Waals surface area contributed by atoms with Gasteiger partial charge in [-0.25, -0.2) is 9.59 Å². The van der Waals surface area contributed by atoms with Crippen LogP contribution in [0.3, 0.4) is 0 Å². The first kappa shape index (κ1) is 34.6. The smallest absolute Gasteiger partial charge is 0.333 e. The summed E-state index contributed by atoms with van der Waals surface area (Å²) in [5, 5.41) is 0. The third kappa shape index (κ3) is 21.4. The van der Waals surface area contributed by atoms with Gasteiger partial charge in [-0.3, -0.25) is 0 Å². The second-order valence-electron chi connectivity index (χ2n) is 9.91. The minimum Gasteiger partial charge on any atom is -0.466 e. The summed E-state index contributed by atoms with van der Waals surface area (Å²) in [7, 11) is 2.78. The van der Waals surface area contributed by atoms with Crippen LogP contribution in [-0.4, -0.2) is 26.2 Å². The van der Waals surface area contributed by atoms with E-state index in [1.807, 2.05) is 30.3 Å². The lowest BCUT2D eigenvalue weighted by atomic mass is 10.0. The standard InChI is InChI=1S/C22H42O2.C11H12O2/c1-4-5-6-7-8-9-10-11-12-13-14-15-16-17-18-19-20-21(2)22(23)24-3;1-9(11(12)13-2)8-10-6-4-3-5-7-10/h2,4-20H2,1,3H3;3-7H,1,8H2,2H3. The molecular formula is C33H54O4. The molecule has 37 heavy (non-hydrogen) atoms. The molecule has 210 valence electrons. The maximum atomic E-state index is 11.2. The van der Waals surface area contributed by atoms with Crippen molar-refractivity contribution in [3.63, 3.8) is 0 Å². The molecule has 0 saturated carbocycles. The number of rotatable bonds is 21. The Labute approximate surface area is 227 Å². The van der Waals surface area contributed by atoms with Gasteiger partial charge in [0.25, 0.3) is 0 Å². The summed E-state index contributed by atoms with van der Waals surface area (Å²) in [6, 6.07) is 9.70. The van der Waals surface area contributed by atoms with Gasteiger partial charge in [0.05, 0.1) is 14.2 Å². The van der Waals surface area contributed by atoms with Crippen molar-refractivity contribution in [2.75, 3.05) is 14.2 Å². The Morgan fingerprint density at radius 2 is 0.973 bits per heavy atom. The van der Waals surface area contributed by atoms with Crippen LogP contribution in [0.25, 0.3) is 0 Å². The number of ether oxygens (including phenoxy) is 2. The van der Waals surface area contributed by atoms with Crippen LogP contribution in [0, 0.1) is 0 Å². The monoisotopic (exact) mass is 514 g/mol. The summed E-state index contributed by atoms with van der Waals surface area (Å²) < 4.78 is 9.20. The number of carbonyl (C=O) groups excluding carboxylic acids is 2. The van der Waals surface area contributed by atoms with Crippen molar-refractivity contribution in [2.24, 2.45) is 0 Å². The van der Waals surface area contributed by atoms with Crippen molar-refractivity contribution in [1.82, 2.24) is 0 Å². The van der Waals surface area contributed by atoms with Gasteiger partial charge in [0.15, 0.2) is 0 Å². The predicted octanol–water partition coefficient (Wildman–Crippen LogP) is 9.33. The lowest BCUT2D eigenvalue weighted by Crippen LogP contribution is -2.05. The molecule has 0 heterocycles. The molecule has 4 heteroatoms. The molecule has 0 N–H and O–H groups in total. The first-order valence-electron chi connectivity index (χ1n) is 14.5. The minimum atomic E-state index is -0.344. The molecule has 1 rings (SSSR count). The second kappa shape index (κ2) is 25.3. The summed E-state index contributed by atoms with van der Waals surface area (Å²) in [4.78, 5) is 22.2. The van der Waals surface area contributed by atoms with E-state index in [4.69, 9.17) is 0 Å². The Hall–Kier alpha value is -2.36. The maximum Gasteiger partial charge on any atom is 0.333 e. The van der Waals surface area contributed by atoms with Gasteiger partial charge in [-0.2, -0.15) is 0 Å². The van der Waals surface area contributed by atoms with Gasteiger partial charge in [-0.05, 0) is 18.4 Å². The van der Waals surface area contributed by atoms with Gasteiger partial charge in [0.1, 0.15) is 0 Å². The van der Waals surface area contributed by atoms with Crippen LogP contribution < -0.4 is 0 Å². The van der Waals surface area contributed by atoms with Crippen LogP contribution in [0.5, 0.6) is 0 Å². The predicted molar refractivity (Wildman–Crippen MR) is 157 cm³/mol. The van der Waals surface area contributed by atoms with Crippen molar-refractivity contribution < 1.29 is 19.1 Å². The molecule has 0 aromatic heterocycles. The average molecular weight is 515 g/mol. The van der Waals surface area contributed by atoms with Gasteiger partial charge < -0.3 is 9.47 Å². The highest BCUT2D eigenvalue weighted by Gasteiger charge is 2.06. The molecule has 0 radical (unpaired) electrons. The van der Waals surface area contributed by atoms with E-state index in [9.17, 15) is 9.59 Å². The summed E-state index contributed by atoms with van der Waals surface area (Å²) in [6.45, 7) is 9.68. The summed E-state index contributed by atoms with van der Waals surface area (Å²) in [6.07, 6.45) is 23.2. The van der Waals surface area contributed by atoms with E-state index in [-0.39, 0.29) is 11.9 Å². The fraction of sp³-hybridized carbons (Fsp3) is 0.636. The van der Waals surface area contributed by atoms with Crippen LogP contribution in [-0.2, 0) is 25.5 Å². The molecule has 0 fully saturated rings. The van der Waals surface area contributed by atoms with Crippen LogP contribution in [0.1, 0.15) is 122 Å². The highest BCUT2D eigenvalue weighted by molar-refractivity contribution is 5.88. The van der Waals surface area contributed by atoms with Gasteiger partial charge in [0.2, 0.25) is 0 Å². The van der Waals surface area contributed by atoms with Gasteiger partial charge in [0, 0.05) is 17.6 Å². The highest BCUT2D eigenvalue weighted by Crippen LogP contribution is 2.15. The molecule has 0 bridgehead atoms. The van der Waals surface area contributed by atoms with E-state index in [0.717, 1.165) is 18.4 Å². The number of carbonyl (C=O) groups is 2. The Balaban J connectivity index is 0.000000832. The van der Waals surface area contributed by atoms with E-state index < -0.39 is 0 Å². The molecule has 0 saturated heterocycles. The van der Waals surface area contributed by atoms with Crippen LogP contribution in [0.2, 0.25) is 0 Å². The quantitative estimate of drug-likeness (QED) is 0.0931. The fourth-order valence-corrected chi connectivity index (χ4v) is 4.19. The number of hydrogen-bond donors (Lipinski definition) is 0. The molecular weight excluding hydrogens is 460 g/mol. The number of esters is 2. The van der Waals surface area contributed by atoms with Crippen molar-refractivity contribution >= 4 is 11.9 Å². The van der Waals surface area contributed by atoms with Crippen molar-refractivity contribution in [1.29, 1.82) is 0 Å². The summed E-state index contributed by atoms with van der Waals surface area (Å²) in [5.74, 6) is -0.597. The van der Waals surface area contributed by atoms with E-state index in [1.54, 1.807) is 0 Å². The zero-order chi connectivity index (χ0) is 27.6. The van der Waals surface area contributed by atoms with Crippen molar-refractivity contribution in [3.8, 4) is 0 Å². The molecule has 0 spiro atoms. The third-order valence-corrected chi connectivity index (χ3v) is 6.54. The van der Waals surface area contributed by atoms with Gasteiger partial charge in [-0.15, -0.1) is 0 Å². The van der Waals surface area contributed by atoms with E-state index >= 15 is 0 Å². The summed E-state index contributed by atoms with van der Waals surface area (Å²) in [5.41, 5.74) is 2.16. The van der Waals surface area contributed by atoms with E-state index in [0.29, 0.717) is 17.6 Å². The van der Waals surface area contributed by atoms with Crippen LogP contribution in [0.15, 0.2) is 54.6 Å². The zero-order valence-electron chi connectivity index (χ0n) is 24.2. The molecule has 0 aliphatic carbocycles. The van der Waals surface area contributed by atoms with Crippen molar-refractivity contribution in [2.45, 2.75) is 122 Å². The van der Waals surface area contributed by atoms with Crippen LogP contribution >= 0.6 is 0 Å². The molecule has 0 aliphatic rings. The molecule has 4 nitrogen and oxygen atoms in total. The van der Waals surface area contributed by atoms with E-state index in [2.05, 4.69) is 29.6 Å². The Morgan fingerprint density at radius 1 is 0.595 bits per heavy atom. The third-order valence-electron chi connectivity index (χ3n) is 6.54. The van der Waals surface area contributed by atoms with Gasteiger partial charge >= 0.3 is 11.9 Å². The number of hydrogen-bond acceptors (Lipinski definition) is 4. The number of methoxy groups -OCH3 is 2. The first-order valence-corrected chi connectivity index (χ1v) is 14.5. The Kier molecular flexibility index (Phi) is 23.7. The SMILES string of the molecule is C=C(CCCCCCCCCCCCCCCCCC)C(=O)OC.C=C(Cc1ccccc1)C(=O)OC. The largest absolute Gasteiger partial charge is 0.466 e. The summed E-state index contributed by atoms with van der Waals surface area (Å²) >= 11 is 0. The maximum absolute atomic E-state index is 11.2. The molecule has 0 amide bonds. The molecule has 0 atom stereocenters. The lowest BCUT2D eigenvalue weighted by Gasteiger charge is -2.04. The Bertz CT molecular complexity index is 723. The average Bonchev–Trinajstić information content (AvgIpc) is 2.92. The molecule has 0 aliphatic heterocycles. The minimum absolute atomic E-state index is 0.254. The zero-order valence-corrected chi connectivity index (χ0v) is 24.2. The molecule has 1 aromatic rings. The fourth-order valence-electron chi connectivity index (χ4n) is 4.19. The number of benzene rings is 1. The second-order valence-corrected chi connectivity index (χ2v) is 9.91.